The van der Waals surface area contributed by atoms with Gasteiger partial charge in [0.05, 0.1) is 24.7 Å². The highest BCUT2D eigenvalue weighted by atomic mass is 32.2. The Morgan fingerprint density at radius 1 is 1.44 bits per heavy atom. The Bertz CT molecular complexity index is 368. The van der Waals surface area contributed by atoms with E-state index in [2.05, 4.69) is 0 Å². The fraction of sp³-hybridized carbons (Fsp3) is 0.909. The van der Waals surface area contributed by atoms with Crippen molar-refractivity contribution in [3.63, 3.8) is 0 Å². The standard InChI is InChI=1S/C11H21NO5S/c1-17-6-4-12(3-5-13)11(14)8-10-2-7-18(15,16)9-10/h10,13H,2-9H2,1H3. The first kappa shape index (κ1) is 15.4. The first-order valence-corrected chi connectivity index (χ1v) is 7.88. The van der Waals surface area contributed by atoms with E-state index in [0.717, 1.165) is 0 Å². The molecule has 1 aliphatic heterocycles. The van der Waals surface area contributed by atoms with Gasteiger partial charge in [-0.05, 0) is 12.3 Å². The highest BCUT2D eigenvalue weighted by Gasteiger charge is 2.30. The second-order valence-electron chi connectivity index (χ2n) is 4.57. The third kappa shape index (κ3) is 4.91. The monoisotopic (exact) mass is 279 g/mol. The molecule has 1 saturated heterocycles. The topological polar surface area (TPSA) is 83.9 Å². The number of carbonyl (C=O) groups is 1. The van der Waals surface area contributed by atoms with Crippen LogP contribution in [0.15, 0.2) is 0 Å². The molecular formula is C11H21NO5S. The molecule has 0 spiro atoms. The molecule has 0 aromatic rings. The average Bonchev–Trinajstić information content (AvgIpc) is 2.63. The van der Waals surface area contributed by atoms with Crippen LogP contribution in [0, 0.1) is 5.92 Å². The van der Waals surface area contributed by atoms with E-state index >= 15 is 0 Å². The van der Waals surface area contributed by atoms with Crippen LogP contribution in [0.5, 0.6) is 0 Å². The SMILES string of the molecule is COCCN(CCO)C(=O)CC1CCS(=O)(=O)C1. The highest BCUT2D eigenvalue weighted by molar-refractivity contribution is 7.91. The van der Waals surface area contributed by atoms with Gasteiger partial charge in [-0.15, -0.1) is 0 Å². The summed E-state index contributed by atoms with van der Waals surface area (Å²) in [6.07, 6.45) is 0.800. The number of methoxy groups -OCH3 is 1. The minimum atomic E-state index is -2.94. The van der Waals surface area contributed by atoms with Crippen LogP contribution in [0.3, 0.4) is 0 Å². The number of rotatable bonds is 7. The van der Waals surface area contributed by atoms with Gasteiger partial charge in [-0.2, -0.15) is 0 Å². The minimum Gasteiger partial charge on any atom is -0.395 e. The number of ether oxygens (including phenoxy) is 1. The van der Waals surface area contributed by atoms with E-state index in [1.54, 1.807) is 7.11 Å². The summed E-state index contributed by atoms with van der Waals surface area (Å²) < 4.78 is 27.5. The van der Waals surface area contributed by atoms with Crippen molar-refractivity contribution in [3.05, 3.63) is 0 Å². The molecule has 18 heavy (non-hydrogen) atoms. The van der Waals surface area contributed by atoms with Crippen molar-refractivity contribution in [3.8, 4) is 0 Å². The van der Waals surface area contributed by atoms with Gasteiger partial charge in [0.2, 0.25) is 5.91 Å². The molecule has 1 aliphatic rings. The molecule has 1 amide bonds. The molecule has 0 aliphatic carbocycles. The Morgan fingerprint density at radius 2 is 2.17 bits per heavy atom. The number of nitrogens with zero attached hydrogens (tertiary/aromatic N) is 1. The number of amides is 1. The summed E-state index contributed by atoms with van der Waals surface area (Å²) in [6.45, 7) is 1.00. The Balaban J connectivity index is 2.46. The molecule has 1 atom stereocenters. The molecule has 6 nitrogen and oxygen atoms in total. The van der Waals surface area contributed by atoms with Crippen LogP contribution >= 0.6 is 0 Å². The Morgan fingerprint density at radius 3 is 2.67 bits per heavy atom. The predicted molar refractivity (Wildman–Crippen MR) is 66.9 cm³/mol. The van der Waals surface area contributed by atoms with Crippen molar-refractivity contribution in [2.75, 3.05) is 44.9 Å². The fourth-order valence-corrected chi connectivity index (χ4v) is 3.95. The van der Waals surface area contributed by atoms with Crippen molar-refractivity contribution in [1.29, 1.82) is 0 Å². The van der Waals surface area contributed by atoms with Crippen molar-refractivity contribution < 1.29 is 23.1 Å². The summed E-state index contributed by atoms with van der Waals surface area (Å²) in [5.74, 6) is 0.105. The first-order chi connectivity index (χ1) is 8.48. The highest BCUT2D eigenvalue weighted by Crippen LogP contribution is 2.22. The quantitative estimate of drug-likeness (QED) is 0.665. The molecular weight excluding hydrogens is 258 g/mol. The molecule has 0 aromatic carbocycles. The van der Waals surface area contributed by atoms with Crippen LogP contribution in [-0.4, -0.2) is 69.3 Å². The van der Waals surface area contributed by atoms with Gasteiger partial charge in [-0.1, -0.05) is 0 Å². The number of aliphatic hydroxyl groups excluding tert-OH is 1. The summed E-state index contributed by atoms with van der Waals surface area (Å²) in [4.78, 5) is 13.5. The first-order valence-electron chi connectivity index (χ1n) is 6.06. The smallest absolute Gasteiger partial charge is 0.223 e. The molecule has 0 saturated carbocycles. The van der Waals surface area contributed by atoms with Gasteiger partial charge in [-0.25, -0.2) is 8.42 Å². The Kier molecular flexibility index (Phi) is 6.04. The maximum atomic E-state index is 12.0. The lowest BCUT2D eigenvalue weighted by Crippen LogP contribution is -2.37. The lowest BCUT2D eigenvalue weighted by atomic mass is 10.0. The summed E-state index contributed by atoms with van der Waals surface area (Å²) in [7, 11) is -1.39. The van der Waals surface area contributed by atoms with Crippen molar-refractivity contribution in [2.45, 2.75) is 12.8 Å². The van der Waals surface area contributed by atoms with E-state index in [0.29, 0.717) is 19.6 Å². The Labute approximate surface area is 108 Å². The van der Waals surface area contributed by atoms with Crippen LogP contribution in [-0.2, 0) is 19.4 Å². The van der Waals surface area contributed by atoms with Gasteiger partial charge in [0.1, 0.15) is 0 Å². The minimum absolute atomic E-state index is 0.0776. The average molecular weight is 279 g/mol. The number of carbonyl (C=O) groups excluding carboxylic acids is 1. The number of aliphatic hydroxyl groups is 1. The zero-order valence-electron chi connectivity index (χ0n) is 10.7. The van der Waals surface area contributed by atoms with E-state index in [1.807, 2.05) is 0 Å². The lowest BCUT2D eigenvalue weighted by molar-refractivity contribution is -0.133. The maximum absolute atomic E-state index is 12.0. The molecule has 1 unspecified atom stereocenters. The van der Waals surface area contributed by atoms with Crippen molar-refractivity contribution >= 4 is 15.7 Å². The summed E-state index contributed by atoms with van der Waals surface area (Å²) in [5, 5.41) is 8.90. The molecule has 1 fully saturated rings. The van der Waals surface area contributed by atoms with Gasteiger partial charge in [0.25, 0.3) is 0 Å². The van der Waals surface area contributed by atoms with Gasteiger partial charge in [0.15, 0.2) is 9.84 Å². The van der Waals surface area contributed by atoms with Crippen molar-refractivity contribution in [2.24, 2.45) is 5.92 Å². The third-order valence-corrected chi connectivity index (χ3v) is 4.91. The van der Waals surface area contributed by atoms with Gasteiger partial charge in [0, 0.05) is 26.6 Å². The van der Waals surface area contributed by atoms with E-state index in [4.69, 9.17) is 9.84 Å². The molecule has 0 aromatic heterocycles. The number of hydrogen-bond acceptors (Lipinski definition) is 5. The summed E-state index contributed by atoms with van der Waals surface area (Å²) in [5.41, 5.74) is 0. The summed E-state index contributed by atoms with van der Waals surface area (Å²) in [6, 6.07) is 0. The molecule has 1 N–H and O–H groups in total. The second-order valence-corrected chi connectivity index (χ2v) is 6.80. The lowest BCUT2D eigenvalue weighted by Gasteiger charge is -2.22. The van der Waals surface area contributed by atoms with E-state index in [9.17, 15) is 13.2 Å². The zero-order valence-corrected chi connectivity index (χ0v) is 11.5. The largest absolute Gasteiger partial charge is 0.395 e. The molecule has 7 heteroatoms. The summed E-state index contributed by atoms with van der Waals surface area (Å²) >= 11 is 0. The van der Waals surface area contributed by atoms with Crippen LogP contribution < -0.4 is 0 Å². The maximum Gasteiger partial charge on any atom is 0.223 e. The van der Waals surface area contributed by atoms with Crippen LogP contribution in [0.2, 0.25) is 0 Å². The number of hydrogen-bond donors (Lipinski definition) is 1. The molecule has 1 rings (SSSR count). The van der Waals surface area contributed by atoms with Crippen LogP contribution in [0.1, 0.15) is 12.8 Å². The molecule has 0 bridgehead atoms. The Hall–Kier alpha value is -0.660. The van der Waals surface area contributed by atoms with Crippen LogP contribution in [0.25, 0.3) is 0 Å². The third-order valence-electron chi connectivity index (χ3n) is 3.08. The van der Waals surface area contributed by atoms with Crippen LogP contribution in [0.4, 0.5) is 0 Å². The molecule has 106 valence electrons. The second kappa shape index (κ2) is 7.06. The van der Waals surface area contributed by atoms with E-state index in [-0.39, 0.29) is 42.9 Å². The molecule has 0 radical (unpaired) electrons. The zero-order chi connectivity index (χ0) is 13.6. The normalized spacial score (nSPS) is 22.0. The number of sulfone groups is 1. The predicted octanol–water partition coefficient (Wildman–Crippen LogP) is -0.721. The van der Waals surface area contributed by atoms with E-state index < -0.39 is 9.84 Å². The van der Waals surface area contributed by atoms with Crippen molar-refractivity contribution in [1.82, 2.24) is 4.90 Å². The van der Waals surface area contributed by atoms with Gasteiger partial charge < -0.3 is 14.7 Å². The fourth-order valence-electron chi connectivity index (χ4n) is 2.09. The van der Waals surface area contributed by atoms with Gasteiger partial charge >= 0.3 is 0 Å². The van der Waals surface area contributed by atoms with Gasteiger partial charge in [-0.3, -0.25) is 4.79 Å². The van der Waals surface area contributed by atoms with E-state index in [1.165, 1.54) is 4.90 Å². The molecule has 1 heterocycles.